The summed E-state index contributed by atoms with van der Waals surface area (Å²) in [6.07, 6.45) is 3.79. The lowest BCUT2D eigenvalue weighted by molar-refractivity contribution is -0.255. The van der Waals surface area contributed by atoms with Crippen molar-refractivity contribution in [3.63, 3.8) is 0 Å². The molecular formula is C69H123N19O12. The minimum absolute atomic E-state index is 0.0714. The predicted molar refractivity (Wildman–Crippen MR) is 374 cm³/mol. The summed E-state index contributed by atoms with van der Waals surface area (Å²) in [6.45, 7) is 49.7. The summed E-state index contributed by atoms with van der Waals surface area (Å²) in [5.41, 5.74) is -7.37. The van der Waals surface area contributed by atoms with Gasteiger partial charge in [-0.1, -0.05) is 0 Å². The fourth-order valence-electron chi connectivity index (χ4n) is 17.3. The summed E-state index contributed by atoms with van der Waals surface area (Å²) in [5.74, 6) is 0.677. The van der Waals surface area contributed by atoms with E-state index < -0.39 is 66.5 Å². The van der Waals surface area contributed by atoms with Gasteiger partial charge in [0.05, 0.1) is 0 Å². The lowest BCUT2D eigenvalue weighted by Crippen LogP contribution is -2.61. The van der Waals surface area contributed by atoms with E-state index in [1.165, 1.54) is 30.4 Å². The molecule has 0 atom stereocenters. The average molecular weight is 1410 g/mol. The third-order valence-corrected chi connectivity index (χ3v) is 21.2. The highest BCUT2D eigenvalue weighted by Crippen LogP contribution is 2.45. The number of anilines is 3. The van der Waals surface area contributed by atoms with Gasteiger partial charge in [-0.15, -0.1) is 15.0 Å². The van der Waals surface area contributed by atoms with E-state index >= 15 is 0 Å². The second kappa shape index (κ2) is 28.3. The van der Waals surface area contributed by atoms with Gasteiger partial charge >= 0.3 is 36.1 Å². The summed E-state index contributed by atoms with van der Waals surface area (Å²) < 4.78 is 39.9. The van der Waals surface area contributed by atoms with Gasteiger partial charge in [0.1, 0.15) is 36.6 Å². The molecule has 9 heterocycles. The van der Waals surface area contributed by atoms with Crippen LogP contribution >= 0.6 is 0 Å². The average Bonchev–Trinajstić information content (AvgIpc) is 0.802. The molecule has 0 aromatic carbocycles. The van der Waals surface area contributed by atoms with E-state index in [-0.39, 0.29) is 90.5 Å². The Morgan fingerprint density at radius 1 is 0.260 bits per heavy atom. The van der Waals surface area contributed by atoms with Gasteiger partial charge in [0.15, 0.2) is 0 Å². The van der Waals surface area contributed by atoms with Crippen LogP contribution in [-0.4, -0.2) is 254 Å². The van der Waals surface area contributed by atoms with Crippen LogP contribution in [0.3, 0.4) is 0 Å². The first-order valence-electron chi connectivity index (χ1n) is 35.9. The van der Waals surface area contributed by atoms with E-state index in [0.717, 1.165) is 0 Å². The van der Waals surface area contributed by atoms with Crippen molar-refractivity contribution in [3.05, 3.63) is 0 Å². The molecule has 566 valence electrons. The maximum Gasteiger partial charge on any atom is 0.324 e. The third-order valence-electron chi connectivity index (χ3n) is 21.2. The van der Waals surface area contributed by atoms with Crippen molar-refractivity contribution in [2.75, 3.05) is 55.2 Å². The molecule has 9 rings (SSSR count). The van der Waals surface area contributed by atoms with Crippen LogP contribution in [0.25, 0.3) is 0 Å². The molecule has 0 amide bonds. The molecule has 0 unspecified atom stereocenters. The molecule has 0 aliphatic carbocycles. The fourth-order valence-corrected chi connectivity index (χ4v) is 17.3. The standard InChI is InChI=1S/C69H123N19O12/c1-58(2)31-43(32-59(3,4)83(58)89)95-52-73-49(74-53(79-52)96-44-33-60(5,6)84(90)61(7,8)34-44)70-25-28-82(29-26-71-50-75-54(97-45-35-62(9,10)85(91)63(11,12)36-45)80-55(76-50)98-46-37-64(13,14)86(92)65(15,16)38-46)30-27-72-51-77-56(99-47-39-66(17,18)87(93)67(19,20)40-47)81-57(78-51)100-48-41-68(21,22)88(94)69(23,24)42-48/h43-48,89-94H,25-42H2,1-24H3,(H,70,73,74,79)(H,71,75,76,80)(H,72,77,78,81). The van der Waals surface area contributed by atoms with Crippen molar-refractivity contribution in [3.8, 4) is 36.1 Å². The molecule has 6 saturated heterocycles. The van der Waals surface area contributed by atoms with Crippen molar-refractivity contribution < 1.29 is 59.7 Å². The molecule has 0 spiro atoms. The van der Waals surface area contributed by atoms with Crippen molar-refractivity contribution in [1.29, 1.82) is 0 Å². The van der Waals surface area contributed by atoms with Gasteiger partial charge in [0.25, 0.3) is 0 Å². The van der Waals surface area contributed by atoms with Crippen LogP contribution in [0.1, 0.15) is 243 Å². The predicted octanol–water partition coefficient (Wildman–Crippen LogP) is 9.92. The Morgan fingerprint density at radius 2 is 0.390 bits per heavy atom. The molecular weight excluding hydrogens is 1290 g/mol. The molecule has 6 fully saturated rings. The van der Waals surface area contributed by atoms with Crippen molar-refractivity contribution >= 4 is 17.8 Å². The van der Waals surface area contributed by atoms with Gasteiger partial charge < -0.3 is 75.6 Å². The van der Waals surface area contributed by atoms with Gasteiger partial charge in [-0.3, -0.25) is 4.90 Å². The highest BCUT2D eigenvalue weighted by molar-refractivity contribution is 5.31. The van der Waals surface area contributed by atoms with E-state index in [4.69, 9.17) is 73.3 Å². The van der Waals surface area contributed by atoms with Crippen LogP contribution in [0.15, 0.2) is 0 Å². The van der Waals surface area contributed by atoms with Gasteiger partial charge in [-0.25, -0.2) is 0 Å². The zero-order chi connectivity index (χ0) is 74.2. The van der Waals surface area contributed by atoms with Crippen molar-refractivity contribution in [2.45, 2.75) is 346 Å². The first-order valence-corrected chi connectivity index (χ1v) is 35.9. The summed E-state index contributed by atoms with van der Waals surface area (Å²) in [4.78, 5) is 45.4. The monoisotopic (exact) mass is 1410 g/mol. The number of hydroxylamine groups is 12. The van der Waals surface area contributed by atoms with E-state index in [1.807, 2.05) is 166 Å². The molecule has 3 aromatic rings. The zero-order valence-corrected chi connectivity index (χ0v) is 64.5. The summed E-state index contributed by atoms with van der Waals surface area (Å²) in [5, 5.41) is 86.0. The largest absolute Gasteiger partial charge is 0.460 e. The van der Waals surface area contributed by atoms with Crippen LogP contribution < -0.4 is 44.4 Å². The number of piperidine rings is 6. The SMILES string of the molecule is CC1(C)CC(Oc2nc(NCCN(CCNc3nc(OC4CC(C)(C)N(O)C(C)(C)C4)nc(OC4CC(C)(C)N(O)C(C)(C)C4)n3)CCNc3nc(OC4CC(C)(C)N(O)C(C)(C)C4)nc(OC4CC(C)(C)N(O)C(C)(C)C4)n3)nc(OC3CC(C)(C)N(O)C(C)(C)C3)n2)CC(C)(C)N1O. The highest BCUT2D eigenvalue weighted by Gasteiger charge is 2.52. The highest BCUT2D eigenvalue weighted by atomic mass is 16.6. The molecule has 6 aliphatic rings. The van der Waals surface area contributed by atoms with E-state index in [0.29, 0.717) is 116 Å². The maximum absolute atomic E-state index is 11.2. The normalized spacial score (nSPS) is 25.8. The third kappa shape index (κ3) is 18.6. The number of hydrogen-bond donors (Lipinski definition) is 9. The van der Waals surface area contributed by atoms with Gasteiger partial charge in [0, 0.05) is 183 Å². The smallest absolute Gasteiger partial charge is 0.324 e. The molecule has 0 radical (unpaired) electrons. The summed E-state index contributed by atoms with van der Waals surface area (Å²) in [7, 11) is 0. The van der Waals surface area contributed by atoms with E-state index in [2.05, 4.69) is 20.9 Å². The van der Waals surface area contributed by atoms with Gasteiger partial charge in [0.2, 0.25) is 17.8 Å². The van der Waals surface area contributed by atoms with E-state index in [1.54, 1.807) is 0 Å². The van der Waals surface area contributed by atoms with Crippen molar-refractivity contribution in [2.24, 2.45) is 0 Å². The Hall–Kier alpha value is -5.29. The number of hydrogen-bond acceptors (Lipinski definition) is 31. The summed E-state index contributed by atoms with van der Waals surface area (Å²) >= 11 is 0. The van der Waals surface area contributed by atoms with Crippen LogP contribution in [0.2, 0.25) is 0 Å². The quantitative estimate of drug-likeness (QED) is 0.0402. The fraction of sp³-hybridized carbons (Fsp3) is 0.870. The topological polar surface area (TPSA) is 352 Å². The number of rotatable bonds is 24. The van der Waals surface area contributed by atoms with Gasteiger partial charge in [-0.05, 0) is 166 Å². The lowest BCUT2D eigenvalue weighted by atomic mass is 9.80. The van der Waals surface area contributed by atoms with Crippen LogP contribution in [0, 0.1) is 0 Å². The molecule has 6 aliphatic heterocycles. The Kier molecular flexibility index (Phi) is 22.3. The minimum atomic E-state index is -0.614. The molecule has 100 heavy (non-hydrogen) atoms. The van der Waals surface area contributed by atoms with Crippen LogP contribution in [-0.2, 0) is 0 Å². The number of aromatic nitrogens is 9. The Morgan fingerprint density at radius 3 is 0.520 bits per heavy atom. The van der Waals surface area contributed by atoms with Crippen LogP contribution in [0.5, 0.6) is 36.1 Å². The molecule has 0 bridgehead atoms. The van der Waals surface area contributed by atoms with Crippen molar-refractivity contribution in [1.82, 2.24) is 80.1 Å². The van der Waals surface area contributed by atoms with Gasteiger partial charge in [-0.2, -0.15) is 60.3 Å². The lowest BCUT2D eigenvalue weighted by Gasteiger charge is -2.51. The zero-order valence-electron chi connectivity index (χ0n) is 64.5. The maximum atomic E-state index is 11.2. The van der Waals surface area contributed by atoms with E-state index in [9.17, 15) is 31.2 Å². The first kappa shape index (κ1) is 78.8. The molecule has 9 N–H and O–H groups in total. The Labute approximate surface area is 593 Å². The molecule has 0 saturated carbocycles. The molecule has 31 nitrogen and oxygen atoms in total. The second-order valence-electron chi connectivity index (χ2n) is 36.8. The molecule has 3 aromatic heterocycles. The van der Waals surface area contributed by atoms with Crippen LogP contribution in [0.4, 0.5) is 17.8 Å². The molecule has 31 heteroatoms. The Balaban J connectivity index is 1.00. The number of ether oxygens (including phenoxy) is 6. The Bertz CT molecular complexity index is 2670. The first-order chi connectivity index (χ1) is 45.8. The minimum Gasteiger partial charge on any atom is -0.460 e. The number of nitrogens with one attached hydrogen (secondary N) is 3. The summed E-state index contributed by atoms with van der Waals surface area (Å²) in [6, 6.07) is 0.428. The number of nitrogens with zero attached hydrogens (tertiary/aromatic N) is 16. The second-order valence-corrected chi connectivity index (χ2v) is 36.8.